The molecule has 5 nitrogen and oxygen atoms in total. The third kappa shape index (κ3) is 9.80. The average Bonchev–Trinajstić information content (AvgIpc) is 3.74. The van der Waals surface area contributed by atoms with Gasteiger partial charge in [0.1, 0.15) is 0 Å². The lowest BCUT2D eigenvalue weighted by Gasteiger charge is -2.31. The van der Waals surface area contributed by atoms with Gasteiger partial charge in [-0.1, -0.05) is 69.0 Å². The minimum atomic E-state index is -0.264. The van der Waals surface area contributed by atoms with E-state index in [4.69, 9.17) is 4.99 Å². The first-order valence-electron chi connectivity index (χ1n) is 15.7. The molecule has 0 aromatic heterocycles. The van der Waals surface area contributed by atoms with Crippen molar-refractivity contribution in [2.75, 3.05) is 19.8 Å². The van der Waals surface area contributed by atoms with Crippen LogP contribution >= 0.6 is 27.9 Å². The molecule has 1 amide bonds. The predicted molar refractivity (Wildman–Crippen MR) is 183 cm³/mol. The van der Waals surface area contributed by atoms with Gasteiger partial charge in [-0.2, -0.15) is 0 Å². The summed E-state index contributed by atoms with van der Waals surface area (Å²) in [5, 5.41) is 4.54. The second-order valence-electron chi connectivity index (χ2n) is 11.5. The number of carbonyl (C=O) groups excluding carboxylic acids is 1. The topological polar surface area (TPSA) is 47.9 Å². The van der Waals surface area contributed by atoms with Crippen LogP contribution in [-0.2, 0) is 10.1 Å². The molecule has 4 rings (SSSR count). The van der Waals surface area contributed by atoms with E-state index < -0.39 is 0 Å². The Morgan fingerprint density at radius 1 is 1.10 bits per heavy atom. The highest BCUT2D eigenvalue weighted by Gasteiger charge is 2.60. The van der Waals surface area contributed by atoms with E-state index in [1.54, 1.807) is 0 Å². The van der Waals surface area contributed by atoms with Gasteiger partial charge in [0.2, 0.25) is 5.91 Å². The van der Waals surface area contributed by atoms with Crippen LogP contribution in [0.4, 0.5) is 0 Å². The lowest BCUT2D eigenvalue weighted by Crippen LogP contribution is -2.40. The Hall–Kier alpha value is -1.41. The van der Waals surface area contributed by atoms with E-state index in [0.717, 1.165) is 75.5 Å². The van der Waals surface area contributed by atoms with Crippen molar-refractivity contribution in [3.05, 3.63) is 53.8 Å². The number of aryl methyl sites for hydroxylation is 1. The minimum absolute atomic E-state index is 0.264. The van der Waals surface area contributed by atoms with Crippen LogP contribution in [0.3, 0.4) is 0 Å². The second-order valence-corrected chi connectivity index (χ2v) is 13.2. The molecule has 2 heterocycles. The van der Waals surface area contributed by atoms with Crippen LogP contribution in [-0.4, -0.2) is 53.2 Å². The zero-order chi connectivity index (χ0) is 30.4. The number of alkyl halides is 1. The molecule has 0 atom stereocenters. The molecular weight excluding hydrogens is 592 g/mol. The maximum Gasteiger partial charge on any atom is 0.237 e. The standard InChI is InChI=1S/C29H43BrN4OS.C3H8.C2H4/c1-5-7-25(8-6-2)34-22(4)27(29(11-12-29)28(34)35)19-31-20-32-24-9-13-33(14-10-24)36-26-16-21(3)15-23(17-26)18-30;1-3-2;1-2/h15-17,19,24-25,32H,5-14,18,20H2,1-4H3;3H2,1-2H3;1-2H2/b31-19-;;. The number of hydrogen-bond donors (Lipinski definition) is 1. The van der Waals surface area contributed by atoms with Gasteiger partial charge in [-0.3, -0.25) is 15.1 Å². The highest BCUT2D eigenvalue weighted by atomic mass is 79.9. The number of allylic oxidation sites excluding steroid dienone is 1. The van der Waals surface area contributed by atoms with Crippen molar-refractivity contribution in [3.63, 3.8) is 0 Å². The van der Waals surface area contributed by atoms with Gasteiger partial charge in [-0.05, 0) is 87.6 Å². The minimum Gasteiger partial charge on any atom is -0.312 e. The van der Waals surface area contributed by atoms with Crippen LogP contribution in [0.5, 0.6) is 0 Å². The molecule has 0 unspecified atom stereocenters. The van der Waals surface area contributed by atoms with Crippen LogP contribution in [0, 0.1) is 12.3 Å². The molecule has 0 radical (unpaired) electrons. The van der Waals surface area contributed by atoms with Crippen molar-refractivity contribution in [1.29, 1.82) is 0 Å². The zero-order valence-corrected chi connectivity index (χ0v) is 29.0. The molecule has 1 saturated heterocycles. The number of aliphatic imine (C=N–C) groups is 1. The molecule has 230 valence electrons. The Morgan fingerprint density at radius 3 is 2.24 bits per heavy atom. The fourth-order valence-corrected chi connectivity index (χ4v) is 7.34. The molecular formula is C34H55BrN4OS. The fourth-order valence-electron chi connectivity index (χ4n) is 5.88. The summed E-state index contributed by atoms with van der Waals surface area (Å²) >= 11 is 5.47. The molecule has 1 aromatic rings. The first-order chi connectivity index (χ1) is 19.8. The van der Waals surface area contributed by atoms with Crippen LogP contribution in [0.15, 0.2) is 52.5 Å². The molecule has 7 heteroatoms. The number of hydrogen-bond acceptors (Lipinski definition) is 5. The summed E-state index contributed by atoms with van der Waals surface area (Å²) in [4.78, 5) is 21.6. The molecule has 41 heavy (non-hydrogen) atoms. The van der Waals surface area contributed by atoms with E-state index >= 15 is 0 Å². The number of piperidine rings is 1. The van der Waals surface area contributed by atoms with Crippen molar-refractivity contribution < 1.29 is 4.79 Å². The fraction of sp³-hybridized carbons (Fsp3) is 0.647. The summed E-state index contributed by atoms with van der Waals surface area (Å²) in [6, 6.07) is 7.64. The Labute approximate surface area is 264 Å². The summed E-state index contributed by atoms with van der Waals surface area (Å²) in [6.07, 6.45) is 11.9. The Kier molecular flexibility index (Phi) is 16.0. The van der Waals surface area contributed by atoms with E-state index in [-0.39, 0.29) is 5.41 Å². The summed E-state index contributed by atoms with van der Waals surface area (Å²) in [7, 11) is 0. The van der Waals surface area contributed by atoms with E-state index in [0.29, 0.717) is 24.7 Å². The maximum absolute atomic E-state index is 13.4. The lowest BCUT2D eigenvalue weighted by atomic mass is 9.98. The summed E-state index contributed by atoms with van der Waals surface area (Å²) in [5.41, 5.74) is 4.72. The van der Waals surface area contributed by atoms with E-state index in [9.17, 15) is 4.79 Å². The molecule has 0 bridgehead atoms. The second kappa shape index (κ2) is 18.3. The summed E-state index contributed by atoms with van der Waals surface area (Å²) in [6.45, 7) is 21.8. The Morgan fingerprint density at radius 2 is 1.71 bits per heavy atom. The highest BCUT2D eigenvalue weighted by Crippen LogP contribution is 2.58. The average molecular weight is 648 g/mol. The number of rotatable bonds is 12. The quantitative estimate of drug-likeness (QED) is 0.106. The smallest absolute Gasteiger partial charge is 0.237 e. The van der Waals surface area contributed by atoms with Gasteiger partial charge in [0.15, 0.2) is 0 Å². The van der Waals surface area contributed by atoms with Crippen molar-refractivity contribution in [2.45, 2.75) is 122 Å². The third-order valence-corrected chi connectivity index (χ3v) is 9.62. The van der Waals surface area contributed by atoms with Gasteiger partial charge in [0.25, 0.3) is 0 Å². The highest BCUT2D eigenvalue weighted by molar-refractivity contribution is 9.08. The van der Waals surface area contributed by atoms with E-state index in [1.165, 1.54) is 28.0 Å². The number of carbonyl (C=O) groups is 1. The summed E-state index contributed by atoms with van der Waals surface area (Å²) < 4.78 is 2.49. The Bertz CT molecular complexity index is 1010. The van der Waals surface area contributed by atoms with Gasteiger partial charge >= 0.3 is 0 Å². The molecule has 1 aromatic carbocycles. The largest absolute Gasteiger partial charge is 0.312 e. The molecule has 1 N–H and O–H groups in total. The molecule has 2 aliphatic heterocycles. The Balaban J connectivity index is 0.00000110. The van der Waals surface area contributed by atoms with Crippen molar-refractivity contribution in [1.82, 2.24) is 14.5 Å². The van der Waals surface area contributed by atoms with Crippen molar-refractivity contribution >= 4 is 40.0 Å². The van der Waals surface area contributed by atoms with Crippen LogP contribution in [0.2, 0.25) is 0 Å². The predicted octanol–water partition coefficient (Wildman–Crippen LogP) is 9.06. The molecule has 2 fully saturated rings. The van der Waals surface area contributed by atoms with Crippen LogP contribution < -0.4 is 5.32 Å². The van der Waals surface area contributed by atoms with Gasteiger partial charge < -0.3 is 4.90 Å². The number of nitrogens with zero attached hydrogens (tertiary/aromatic N) is 3. The maximum atomic E-state index is 13.4. The lowest BCUT2D eigenvalue weighted by molar-refractivity contribution is -0.133. The molecule has 3 aliphatic rings. The van der Waals surface area contributed by atoms with Gasteiger partial charge in [0.05, 0.1) is 12.1 Å². The van der Waals surface area contributed by atoms with Gasteiger partial charge in [-0.15, -0.1) is 13.2 Å². The van der Waals surface area contributed by atoms with E-state index in [2.05, 4.69) is 103 Å². The number of nitrogens with one attached hydrogen (secondary N) is 1. The molecule has 1 saturated carbocycles. The first-order valence-corrected chi connectivity index (χ1v) is 17.6. The number of halogens is 1. The molecule has 1 spiro atoms. The SMILES string of the molecule is C=C.CCC.CCCC(CCC)N1C(=O)C2(CC2)C(/C=N\CNC2CCN(Sc3cc(C)cc(CBr)c3)CC2)=C1C. The van der Waals surface area contributed by atoms with Crippen LogP contribution in [0.1, 0.15) is 104 Å². The first kappa shape index (κ1) is 35.8. The monoisotopic (exact) mass is 646 g/mol. The van der Waals surface area contributed by atoms with E-state index in [1.807, 2.05) is 18.2 Å². The normalized spacial score (nSPS) is 18.6. The molecule has 1 aliphatic carbocycles. The number of benzene rings is 1. The van der Waals surface area contributed by atoms with Crippen molar-refractivity contribution in [2.24, 2.45) is 10.4 Å². The van der Waals surface area contributed by atoms with Crippen LogP contribution in [0.25, 0.3) is 0 Å². The zero-order valence-electron chi connectivity index (χ0n) is 26.6. The van der Waals surface area contributed by atoms with Gasteiger partial charge in [0, 0.05) is 52.9 Å². The van der Waals surface area contributed by atoms with Gasteiger partial charge in [-0.25, -0.2) is 4.31 Å². The summed E-state index contributed by atoms with van der Waals surface area (Å²) in [5.74, 6) is 0.336. The third-order valence-electron chi connectivity index (χ3n) is 7.90. The number of amides is 1. The van der Waals surface area contributed by atoms with Crippen molar-refractivity contribution in [3.8, 4) is 0 Å².